The topological polar surface area (TPSA) is 0 Å². The van der Waals surface area contributed by atoms with E-state index in [9.17, 15) is 0 Å². The standard InChI is InChI=1S/C10H20Si/c1-10-6-5-9-11(10)7-3-2-4-8-11/h10H,2-9H2,1H3/t10-/m1/s1. The van der Waals surface area contributed by atoms with Gasteiger partial charge in [-0.3, -0.25) is 0 Å². The first-order chi connectivity index (χ1) is 5.33. The second-order valence-electron chi connectivity index (χ2n) is 4.72. The molecule has 0 nitrogen and oxygen atoms in total. The zero-order chi connectivity index (χ0) is 7.73. The summed E-state index contributed by atoms with van der Waals surface area (Å²) in [6.45, 7) is 2.55. The van der Waals surface area contributed by atoms with Crippen molar-refractivity contribution >= 4 is 8.07 Å². The fraction of sp³-hybridized carbons (Fsp3) is 1.00. The van der Waals surface area contributed by atoms with Crippen LogP contribution in [0.1, 0.15) is 39.0 Å². The second kappa shape index (κ2) is 2.93. The Hall–Kier alpha value is 0.217. The Labute approximate surface area is 71.4 Å². The molecule has 2 aliphatic rings. The van der Waals surface area contributed by atoms with E-state index >= 15 is 0 Å². The maximum absolute atomic E-state index is 2.55. The lowest BCUT2D eigenvalue weighted by Gasteiger charge is -2.35. The van der Waals surface area contributed by atoms with Crippen molar-refractivity contribution in [3.63, 3.8) is 0 Å². The van der Waals surface area contributed by atoms with E-state index in [4.69, 9.17) is 0 Å². The van der Waals surface area contributed by atoms with Gasteiger partial charge >= 0.3 is 0 Å². The van der Waals surface area contributed by atoms with Gasteiger partial charge in [0.1, 0.15) is 0 Å². The lowest BCUT2D eigenvalue weighted by molar-refractivity contribution is 0.693. The van der Waals surface area contributed by atoms with Gasteiger partial charge in [0.15, 0.2) is 0 Å². The van der Waals surface area contributed by atoms with E-state index in [0.29, 0.717) is 0 Å². The smallest absolute Gasteiger partial charge is 0.0564 e. The zero-order valence-electron chi connectivity index (χ0n) is 7.73. The number of rotatable bonds is 0. The van der Waals surface area contributed by atoms with Crippen LogP contribution in [0.25, 0.3) is 0 Å². The maximum atomic E-state index is 2.55. The van der Waals surface area contributed by atoms with Crippen LogP contribution >= 0.6 is 0 Å². The molecule has 0 aliphatic carbocycles. The third-order valence-corrected chi connectivity index (χ3v) is 10.6. The van der Waals surface area contributed by atoms with Crippen molar-refractivity contribution in [3.8, 4) is 0 Å². The molecule has 1 atom stereocenters. The normalized spacial score (nSPS) is 36.3. The molecule has 2 fully saturated rings. The average Bonchev–Trinajstić information content (AvgIpc) is 2.36. The third kappa shape index (κ3) is 1.28. The highest BCUT2D eigenvalue weighted by Crippen LogP contribution is 2.48. The molecule has 2 heterocycles. The summed E-state index contributed by atoms with van der Waals surface area (Å²) < 4.78 is 0. The molecule has 64 valence electrons. The van der Waals surface area contributed by atoms with E-state index in [1.165, 1.54) is 5.54 Å². The summed E-state index contributed by atoms with van der Waals surface area (Å²) in [5.74, 6) is 0. The van der Waals surface area contributed by atoms with Crippen molar-refractivity contribution < 1.29 is 0 Å². The first-order valence-electron chi connectivity index (χ1n) is 5.33. The average molecular weight is 168 g/mol. The number of hydrogen-bond donors (Lipinski definition) is 0. The fourth-order valence-electron chi connectivity index (χ4n) is 3.31. The van der Waals surface area contributed by atoms with Crippen LogP contribution in [0.2, 0.25) is 23.7 Å². The van der Waals surface area contributed by atoms with Gasteiger partial charge in [0.25, 0.3) is 0 Å². The van der Waals surface area contributed by atoms with Gasteiger partial charge in [0.2, 0.25) is 0 Å². The zero-order valence-corrected chi connectivity index (χ0v) is 8.73. The van der Waals surface area contributed by atoms with Gasteiger partial charge in [0.05, 0.1) is 8.07 Å². The minimum Gasteiger partial charge on any atom is -0.0649 e. The lowest BCUT2D eigenvalue weighted by Crippen LogP contribution is -2.36. The first kappa shape index (κ1) is 7.84. The molecule has 0 aromatic carbocycles. The molecule has 0 unspecified atom stereocenters. The Kier molecular flexibility index (Phi) is 2.09. The SMILES string of the molecule is C[C@@H]1CCC[Si]12CCCCC2. The van der Waals surface area contributed by atoms with Crippen molar-refractivity contribution in [3.05, 3.63) is 0 Å². The van der Waals surface area contributed by atoms with Crippen LogP contribution in [-0.4, -0.2) is 8.07 Å². The quantitative estimate of drug-likeness (QED) is 0.483. The molecule has 2 aliphatic heterocycles. The summed E-state index contributed by atoms with van der Waals surface area (Å²) in [7, 11) is -0.623. The van der Waals surface area contributed by atoms with Gasteiger partial charge in [0, 0.05) is 0 Å². The lowest BCUT2D eigenvalue weighted by atomic mass is 10.3. The molecule has 2 saturated heterocycles. The predicted octanol–water partition coefficient (Wildman–Crippen LogP) is 3.80. The van der Waals surface area contributed by atoms with E-state index in [1.807, 2.05) is 0 Å². The summed E-state index contributed by atoms with van der Waals surface area (Å²) in [6.07, 6.45) is 7.86. The Bertz CT molecular complexity index is 136. The molecule has 0 amide bonds. The number of hydrogen-bond acceptors (Lipinski definition) is 0. The van der Waals surface area contributed by atoms with E-state index in [0.717, 1.165) is 0 Å². The molecule has 0 N–H and O–H groups in total. The Morgan fingerprint density at radius 1 is 0.909 bits per heavy atom. The van der Waals surface area contributed by atoms with Crippen molar-refractivity contribution in [1.82, 2.24) is 0 Å². The van der Waals surface area contributed by atoms with E-state index in [-0.39, 0.29) is 0 Å². The minimum absolute atomic E-state index is 0.623. The monoisotopic (exact) mass is 168 g/mol. The van der Waals surface area contributed by atoms with Crippen LogP contribution in [0.5, 0.6) is 0 Å². The molecular formula is C10H20Si. The summed E-state index contributed by atoms with van der Waals surface area (Å²) in [6, 6.07) is 5.07. The molecular weight excluding hydrogens is 148 g/mol. The van der Waals surface area contributed by atoms with Crippen molar-refractivity contribution in [2.75, 3.05) is 0 Å². The van der Waals surface area contributed by atoms with Gasteiger partial charge in [-0.15, -0.1) is 0 Å². The van der Waals surface area contributed by atoms with E-state index in [2.05, 4.69) is 6.92 Å². The Morgan fingerprint density at radius 2 is 1.55 bits per heavy atom. The molecule has 1 spiro atoms. The first-order valence-corrected chi connectivity index (χ1v) is 8.03. The molecule has 11 heavy (non-hydrogen) atoms. The van der Waals surface area contributed by atoms with Crippen molar-refractivity contribution in [1.29, 1.82) is 0 Å². The Morgan fingerprint density at radius 3 is 2.09 bits per heavy atom. The van der Waals surface area contributed by atoms with Gasteiger partial charge < -0.3 is 0 Å². The highest BCUT2D eigenvalue weighted by Gasteiger charge is 2.42. The largest absolute Gasteiger partial charge is 0.0649 e. The Balaban J connectivity index is 2.06. The summed E-state index contributed by atoms with van der Waals surface area (Å²) in [4.78, 5) is 0. The van der Waals surface area contributed by atoms with Crippen LogP contribution in [0.15, 0.2) is 0 Å². The highest BCUT2D eigenvalue weighted by atomic mass is 28.3. The fourth-order valence-corrected chi connectivity index (χ4v) is 9.17. The molecule has 0 radical (unpaired) electrons. The van der Waals surface area contributed by atoms with E-state index in [1.54, 1.807) is 50.2 Å². The van der Waals surface area contributed by atoms with Gasteiger partial charge in [-0.2, -0.15) is 0 Å². The maximum Gasteiger partial charge on any atom is 0.0564 e. The van der Waals surface area contributed by atoms with Crippen LogP contribution in [-0.2, 0) is 0 Å². The summed E-state index contributed by atoms with van der Waals surface area (Å²) >= 11 is 0. The van der Waals surface area contributed by atoms with Crippen molar-refractivity contribution in [2.24, 2.45) is 0 Å². The highest BCUT2D eigenvalue weighted by molar-refractivity contribution is 6.81. The van der Waals surface area contributed by atoms with Gasteiger partial charge in [-0.25, -0.2) is 0 Å². The molecule has 0 saturated carbocycles. The van der Waals surface area contributed by atoms with Crippen LogP contribution in [0.4, 0.5) is 0 Å². The molecule has 0 aromatic heterocycles. The molecule has 0 bridgehead atoms. The second-order valence-corrected chi connectivity index (χ2v) is 9.93. The molecule has 0 aromatic rings. The molecule has 2 rings (SSSR count). The van der Waals surface area contributed by atoms with Crippen LogP contribution in [0, 0.1) is 0 Å². The predicted molar refractivity (Wildman–Crippen MR) is 52.7 cm³/mol. The summed E-state index contributed by atoms with van der Waals surface area (Å²) in [5.41, 5.74) is 1.18. The van der Waals surface area contributed by atoms with E-state index < -0.39 is 8.07 Å². The molecule has 1 heteroatoms. The minimum atomic E-state index is -0.623. The van der Waals surface area contributed by atoms with Gasteiger partial charge in [-0.05, 0) is 5.54 Å². The third-order valence-electron chi connectivity index (χ3n) is 4.21. The van der Waals surface area contributed by atoms with Crippen molar-refractivity contribution in [2.45, 2.75) is 62.7 Å². The summed E-state index contributed by atoms with van der Waals surface area (Å²) in [5, 5.41) is 0. The van der Waals surface area contributed by atoms with Gasteiger partial charge in [-0.1, -0.05) is 57.2 Å². The van der Waals surface area contributed by atoms with Crippen LogP contribution < -0.4 is 0 Å². The van der Waals surface area contributed by atoms with Crippen LogP contribution in [0.3, 0.4) is 0 Å².